The number of benzene rings is 2. The van der Waals surface area contributed by atoms with Gasteiger partial charge in [0, 0.05) is 36.4 Å². The number of anilines is 4. The van der Waals surface area contributed by atoms with Crippen molar-refractivity contribution in [2.24, 2.45) is 0 Å². The third-order valence-corrected chi connectivity index (χ3v) is 3.46. The van der Waals surface area contributed by atoms with E-state index >= 15 is 0 Å². The molecule has 8 heteroatoms. The lowest BCUT2D eigenvalue weighted by molar-refractivity contribution is -0.114. The van der Waals surface area contributed by atoms with Crippen LogP contribution in [0.4, 0.5) is 27.4 Å². The zero-order chi connectivity index (χ0) is 19.2. The summed E-state index contributed by atoms with van der Waals surface area (Å²) in [6.45, 7) is 1.41. The number of carbonyl (C=O) groups is 2. The Balaban J connectivity index is 1.65. The normalized spacial score (nSPS) is 10.1. The van der Waals surface area contributed by atoms with Gasteiger partial charge in [-0.05, 0) is 42.5 Å². The van der Waals surface area contributed by atoms with Crippen molar-refractivity contribution < 1.29 is 14.0 Å². The van der Waals surface area contributed by atoms with Crippen molar-refractivity contribution >= 4 is 34.8 Å². The van der Waals surface area contributed by atoms with Crippen molar-refractivity contribution in [2.45, 2.75) is 6.92 Å². The minimum Gasteiger partial charge on any atom is -0.326 e. The van der Waals surface area contributed by atoms with E-state index in [1.165, 1.54) is 31.5 Å². The van der Waals surface area contributed by atoms with Crippen molar-refractivity contribution in [3.05, 3.63) is 72.3 Å². The number of nitrogens with one attached hydrogen (secondary N) is 3. The lowest BCUT2D eigenvalue weighted by atomic mass is 10.2. The zero-order valence-corrected chi connectivity index (χ0v) is 14.4. The summed E-state index contributed by atoms with van der Waals surface area (Å²) >= 11 is 0. The van der Waals surface area contributed by atoms with Gasteiger partial charge in [0.2, 0.25) is 11.9 Å². The van der Waals surface area contributed by atoms with Crippen molar-refractivity contribution in [1.29, 1.82) is 0 Å². The predicted molar refractivity (Wildman–Crippen MR) is 100 cm³/mol. The second kappa shape index (κ2) is 8.05. The van der Waals surface area contributed by atoms with Crippen LogP contribution in [0.2, 0.25) is 0 Å². The Morgan fingerprint density at radius 2 is 1.52 bits per heavy atom. The quantitative estimate of drug-likeness (QED) is 0.642. The van der Waals surface area contributed by atoms with E-state index in [1.807, 2.05) is 0 Å². The lowest BCUT2D eigenvalue weighted by Crippen LogP contribution is -2.13. The van der Waals surface area contributed by atoms with Crippen molar-refractivity contribution in [3.8, 4) is 0 Å². The van der Waals surface area contributed by atoms with Crippen LogP contribution in [-0.4, -0.2) is 21.8 Å². The summed E-state index contributed by atoms with van der Waals surface area (Å²) in [5.41, 5.74) is 2.00. The molecule has 27 heavy (non-hydrogen) atoms. The monoisotopic (exact) mass is 365 g/mol. The molecule has 0 aliphatic carbocycles. The molecule has 3 N–H and O–H groups in total. The van der Waals surface area contributed by atoms with E-state index in [0.717, 1.165) is 0 Å². The van der Waals surface area contributed by atoms with E-state index in [2.05, 4.69) is 25.9 Å². The molecular formula is C19H16FN5O2. The topological polar surface area (TPSA) is 96.0 Å². The summed E-state index contributed by atoms with van der Waals surface area (Å²) < 4.78 is 12.9. The Kier molecular flexibility index (Phi) is 5.36. The Bertz CT molecular complexity index is 959. The van der Waals surface area contributed by atoms with Crippen molar-refractivity contribution in [3.63, 3.8) is 0 Å². The molecule has 1 heterocycles. The third-order valence-electron chi connectivity index (χ3n) is 3.46. The summed E-state index contributed by atoms with van der Waals surface area (Å²) in [5, 5.41) is 8.27. The Morgan fingerprint density at radius 3 is 2.15 bits per heavy atom. The highest BCUT2D eigenvalue weighted by Crippen LogP contribution is 2.17. The fourth-order valence-electron chi connectivity index (χ4n) is 2.25. The molecule has 3 rings (SSSR count). The number of aromatic nitrogens is 2. The highest BCUT2D eigenvalue weighted by atomic mass is 19.1. The number of hydrogen-bond donors (Lipinski definition) is 3. The van der Waals surface area contributed by atoms with Gasteiger partial charge in [-0.3, -0.25) is 9.59 Å². The van der Waals surface area contributed by atoms with Gasteiger partial charge in [0.1, 0.15) is 5.82 Å². The van der Waals surface area contributed by atoms with Gasteiger partial charge < -0.3 is 16.0 Å². The highest BCUT2D eigenvalue weighted by Gasteiger charge is 2.09. The van der Waals surface area contributed by atoms with E-state index in [0.29, 0.717) is 17.1 Å². The Hall–Kier alpha value is -3.81. The molecule has 7 nitrogen and oxygen atoms in total. The molecule has 1 aromatic heterocycles. The van der Waals surface area contributed by atoms with E-state index < -0.39 is 0 Å². The first kappa shape index (κ1) is 18.0. The first-order valence-corrected chi connectivity index (χ1v) is 8.03. The maximum Gasteiger partial charge on any atom is 0.258 e. The SMILES string of the molecule is CC(=O)Nc1cccc(NC(=O)c2cnc(Nc3ccc(F)cc3)nc2)c1. The van der Waals surface area contributed by atoms with Crippen LogP contribution in [-0.2, 0) is 4.79 Å². The number of hydrogen-bond acceptors (Lipinski definition) is 5. The smallest absolute Gasteiger partial charge is 0.258 e. The zero-order valence-electron chi connectivity index (χ0n) is 14.4. The summed E-state index contributed by atoms with van der Waals surface area (Å²) in [5.74, 6) is -0.638. The van der Waals surface area contributed by atoms with Gasteiger partial charge in [-0.2, -0.15) is 0 Å². The van der Waals surface area contributed by atoms with Crippen molar-refractivity contribution in [2.75, 3.05) is 16.0 Å². The minimum absolute atomic E-state index is 0.198. The molecule has 2 amide bonds. The van der Waals surface area contributed by atoms with Gasteiger partial charge in [-0.15, -0.1) is 0 Å². The van der Waals surface area contributed by atoms with Gasteiger partial charge in [0.05, 0.1) is 5.56 Å². The lowest BCUT2D eigenvalue weighted by Gasteiger charge is -2.08. The molecule has 0 spiro atoms. The molecule has 136 valence electrons. The number of halogens is 1. The summed E-state index contributed by atoms with van der Waals surface area (Å²) in [4.78, 5) is 31.6. The average molecular weight is 365 g/mol. The molecule has 0 bridgehead atoms. The van der Waals surface area contributed by atoms with E-state index in [4.69, 9.17) is 0 Å². The van der Waals surface area contributed by atoms with Crippen LogP contribution < -0.4 is 16.0 Å². The summed E-state index contributed by atoms with van der Waals surface area (Å²) in [7, 11) is 0. The standard InChI is InChI=1S/C19H16FN5O2/c1-12(26)23-16-3-2-4-17(9-16)24-18(27)13-10-21-19(22-11-13)25-15-7-5-14(20)6-8-15/h2-11H,1H3,(H,23,26)(H,24,27)(H,21,22,25). The van der Waals surface area contributed by atoms with Crippen LogP contribution in [0.5, 0.6) is 0 Å². The Labute approximate surface area is 154 Å². The molecule has 2 aromatic carbocycles. The maximum atomic E-state index is 12.9. The third kappa shape index (κ3) is 5.08. The Morgan fingerprint density at radius 1 is 0.889 bits per heavy atom. The largest absolute Gasteiger partial charge is 0.326 e. The molecule has 0 unspecified atom stereocenters. The molecule has 0 atom stereocenters. The first-order valence-electron chi connectivity index (χ1n) is 8.03. The number of nitrogens with zero attached hydrogens (tertiary/aromatic N) is 2. The second-order valence-electron chi connectivity index (χ2n) is 5.64. The van der Waals surface area contributed by atoms with Gasteiger partial charge in [-0.1, -0.05) is 6.07 Å². The number of rotatable bonds is 5. The van der Waals surface area contributed by atoms with Crippen LogP contribution in [0.15, 0.2) is 60.9 Å². The fraction of sp³-hybridized carbons (Fsp3) is 0.0526. The maximum absolute atomic E-state index is 12.9. The van der Waals surface area contributed by atoms with Crippen LogP contribution in [0, 0.1) is 5.82 Å². The van der Waals surface area contributed by atoms with E-state index in [1.54, 1.807) is 36.4 Å². The molecular weight excluding hydrogens is 349 g/mol. The fourth-order valence-corrected chi connectivity index (χ4v) is 2.25. The van der Waals surface area contributed by atoms with Crippen LogP contribution in [0.25, 0.3) is 0 Å². The highest BCUT2D eigenvalue weighted by molar-refractivity contribution is 6.04. The number of carbonyl (C=O) groups excluding carboxylic acids is 2. The van der Waals surface area contributed by atoms with Crippen LogP contribution in [0.3, 0.4) is 0 Å². The first-order chi connectivity index (χ1) is 13.0. The van der Waals surface area contributed by atoms with E-state index in [9.17, 15) is 14.0 Å². The number of amides is 2. The average Bonchev–Trinajstić information content (AvgIpc) is 2.64. The molecule has 0 saturated carbocycles. The molecule has 0 saturated heterocycles. The molecule has 0 fully saturated rings. The molecule has 0 radical (unpaired) electrons. The summed E-state index contributed by atoms with van der Waals surface area (Å²) in [6.07, 6.45) is 2.76. The molecule has 0 aliphatic heterocycles. The minimum atomic E-state index is -0.386. The van der Waals surface area contributed by atoms with Gasteiger partial charge in [-0.25, -0.2) is 14.4 Å². The molecule has 0 aliphatic rings. The predicted octanol–water partition coefficient (Wildman–Crippen LogP) is 3.57. The summed E-state index contributed by atoms with van der Waals surface area (Å²) in [6, 6.07) is 12.5. The second-order valence-corrected chi connectivity index (χ2v) is 5.64. The van der Waals surface area contributed by atoms with Gasteiger partial charge >= 0.3 is 0 Å². The van der Waals surface area contributed by atoms with Crippen molar-refractivity contribution in [1.82, 2.24) is 9.97 Å². The van der Waals surface area contributed by atoms with Gasteiger partial charge in [0.25, 0.3) is 5.91 Å². The van der Waals surface area contributed by atoms with Crippen LogP contribution >= 0.6 is 0 Å². The van der Waals surface area contributed by atoms with Crippen LogP contribution in [0.1, 0.15) is 17.3 Å². The van der Waals surface area contributed by atoms with E-state index in [-0.39, 0.29) is 29.1 Å². The van der Waals surface area contributed by atoms with Gasteiger partial charge in [0.15, 0.2) is 0 Å². The molecule has 3 aromatic rings.